The summed E-state index contributed by atoms with van der Waals surface area (Å²) in [6.45, 7) is 6.57. The number of nitrogens with zero attached hydrogens (tertiary/aromatic N) is 2. The van der Waals surface area contributed by atoms with E-state index in [-0.39, 0.29) is 0 Å². The van der Waals surface area contributed by atoms with Crippen molar-refractivity contribution < 1.29 is 0 Å². The van der Waals surface area contributed by atoms with Gasteiger partial charge in [0.1, 0.15) is 0 Å². The largest absolute Gasteiger partial charge is 0.315 e. The quantitative estimate of drug-likeness (QED) is 0.769. The number of fused-ring (bicyclic) bond motifs is 2. The van der Waals surface area contributed by atoms with E-state index in [0.717, 1.165) is 29.4 Å². The van der Waals surface area contributed by atoms with Crippen molar-refractivity contribution >= 4 is 6.08 Å². The van der Waals surface area contributed by atoms with Crippen molar-refractivity contribution in [2.24, 2.45) is 16.7 Å². The van der Waals surface area contributed by atoms with E-state index >= 15 is 0 Å². The lowest BCUT2D eigenvalue weighted by molar-refractivity contribution is 0.425. The molecule has 2 heterocycles. The van der Waals surface area contributed by atoms with Crippen LogP contribution in [0, 0.1) is 30.6 Å². The Morgan fingerprint density at radius 2 is 2.05 bits per heavy atom. The van der Waals surface area contributed by atoms with Crippen LogP contribution < -0.4 is 5.32 Å². The normalized spacial score (nSPS) is 41.2. The second-order valence-electron chi connectivity index (χ2n) is 7.07. The summed E-state index contributed by atoms with van der Waals surface area (Å²) in [6.07, 6.45) is 6.31. The van der Waals surface area contributed by atoms with Crippen LogP contribution in [0.25, 0.3) is 6.08 Å². The van der Waals surface area contributed by atoms with Crippen LogP contribution in [-0.4, -0.2) is 23.1 Å². The minimum absolute atomic E-state index is 0.510. The number of piperidine rings is 1. The van der Waals surface area contributed by atoms with E-state index in [4.69, 9.17) is 9.97 Å². The third-order valence-corrected chi connectivity index (χ3v) is 6.19. The molecule has 1 aliphatic heterocycles. The number of aryl methyl sites for hydroxylation is 2. The molecule has 0 aromatic carbocycles. The first-order chi connectivity index (χ1) is 9.14. The molecule has 1 saturated heterocycles. The molecule has 3 fully saturated rings. The SMILES string of the molecule is Cc1nc2c(nc1C)CC1CC34CNCC3(C4)C1=C2. The highest BCUT2D eigenvalue weighted by atomic mass is 15.1. The predicted molar refractivity (Wildman–Crippen MR) is 73.6 cm³/mol. The molecule has 1 aromatic rings. The topological polar surface area (TPSA) is 37.8 Å². The first-order valence-electron chi connectivity index (χ1n) is 7.41. The van der Waals surface area contributed by atoms with Gasteiger partial charge in [-0.1, -0.05) is 5.57 Å². The van der Waals surface area contributed by atoms with Crippen LogP contribution in [0.4, 0.5) is 0 Å². The Morgan fingerprint density at radius 1 is 1.21 bits per heavy atom. The summed E-state index contributed by atoms with van der Waals surface area (Å²) < 4.78 is 0. The maximum absolute atomic E-state index is 4.78. The molecule has 3 nitrogen and oxygen atoms in total. The van der Waals surface area contributed by atoms with E-state index in [1.165, 1.54) is 31.6 Å². The average molecular weight is 253 g/mol. The molecule has 3 heteroatoms. The molecule has 1 aromatic heterocycles. The number of nitrogens with one attached hydrogen (secondary N) is 1. The van der Waals surface area contributed by atoms with Crippen molar-refractivity contribution in [2.45, 2.75) is 33.1 Å². The Balaban J connectivity index is 1.67. The standard InChI is InChI=1S/C16H19N3/c1-9-10(2)19-14-4-12-11(3-13(14)18-9)5-15-6-16(12,15)8-17-7-15/h4,11,17H,3,5-8H2,1-2H3. The molecule has 0 amide bonds. The van der Waals surface area contributed by atoms with E-state index in [0.29, 0.717) is 10.8 Å². The van der Waals surface area contributed by atoms with Crippen LogP contribution >= 0.6 is 0 Å². The maximum Gasteiger partial charge on any atom is 0.0848 e. The van der Waals surface area contributed by atoms with Crippen molar-refractivity contribution in [3.63, 3.8) is 0 Å². The van der Waals surface area contributed by atoms with Crippen molar-refractivity contribution in [3.05, 3.63) is 28.3 Å². The van der Waals surface area contributed by atoms with Crippen LogP contribution in [0.2, 0.25) is 0 Å². The summed E-state index contributed by atoms with van der Waals surface area (Å²) in [6, 6.07) is 0. The summed E-state index contributed by atoms with van der Waals surface area (Å²) >= 11 is 0. The zero-order valence-electron chi connectivity index (χ0n) is 11.6. The third-order valence-electron chi connectivity index (χ3n) is 6.19. The van der Waals surface area contributed by atoms with Gasteiger partial charge in [-0.3, -0.25) is 4.98 Å². The maximum atomic E-state index is 4.78. The summed E-state index contributed by atoms with van der Waals surface area (Å²) in [5.74, 6) is 0.750. The van der Waals surface area contributed by atoms with Crippen LogP contribution in [0.3, 0.4) is 0 Å². The zero-order valence-corrected chi connectivity index (χ0v) is 11.6. The van der Waals surface area contributed by atoms with Crippen LogP contribution in [0.5, 0.6) is 0 Å². The fourth-order valence-corrected chi connectivity index (χ4v) is 5.10. The van der Waals surface area contributed by atoms with Gasteiger partial charge in [0.25, 0.3) is 0 Å². The van der Waals surface area contributed by atoms with Gasteiger partial charge < -0.3 is 5.32 Å². The lowest BCUT2D eigenvalue weighted by Crippen LogP contribution is -2.26. The van der Waals surface area contributed by atoms with Gasteiger partial charge in [-0.2, -0.15) is 0 Å². The van der Waals surface area contributed by atoms with Gasteiger partial charge in [-0.25, -0.2) is 4.98 Å². The first kappa shape index (κ1) is 10.6. The Hall–Kier alpha value is -1.22. The molecule has 98 valence electrons. The molecule has 19 heavy (non-hydrogen) atoms. The predicted octanol–water partition coefficient (Wildman–Crippen LogP) is 2.03. The summed E-state index contributed by atoms with van der Waals surface area (Å²) in [5.41, 5.74) is 7.37. The summed E-state index contributed by atoms with van der Waals surface area (Å²) in [5, 5.41) is 3.61. The Labute approximate surface area is 113 Å². The zero-order chi connectivity index (χ0) is 12.8. The number of rotatable bonds is 0. The van der Waals surface area contributed by atoms with Gasteiger partial charge in [0.05, 0.1) is 22.8 Å². The van der Waals surface area contributed by atoms with Gasteiger partial charge >= 0.3 is 0 Å². The van der Waals surface area contributed by atoms with E-state index in [9.17, 15) is 0 Å². The van der Waals surface area contributed by atoms with Crippen LogP contribution in [0.1, 0.15) is 35.6 Å². The van der Waals surface area contributed by atoms with Gasteiger partial charge in [0.15, 0.2) is 0 Å². The highest BCUT2D eigenvalue weighted by Crippen LogP contribution is 2.79. The number of hydrogen-bond acceptors (Lipinski definition) is 3. The van der Waals surface area contributed by atoms with E-state index in [2.05, 4.69) is 25.2 Å². The Morgan fingerprint density at radius 3 is 2.95 bits per heavy atom. The third kappa shape index (κ3) is 1.06. The van der Waals surface area contributed by atoms with Crippen molar-refractivity contribution in [1.82, 2.24) is 15.3 Å². The van der Waals surface area contributed by atoms with E-state index in [1.54, 1.807) is 5.57 Å². The molecular formula is C16H19N3. The molecule has 2 saturated carbocycles. The lowest BCUT2D eigenvalue weighted by Gasteiger charge is -2.26. The molecule has 0 spiro atoms. The fraction of sp³-hybridized carbons (Fsp3) is 0.625. The average Bonchev–Trinajstić information content (AvgIpc) is 2.76. The second-order valence-corrected chi connectivity index (χ2v) is 7.07. The molecular weight excluding hydrogens is 234 g/mol. The molecule has 3 aliphatic carbocycles. The Bertz CT molecular complexity index is 644. The smallest absolute Gasteiger partial charge is 0.0848 e. The van der Waals surface area contributed by atoms with Crippen LogP contribution in [0.15, 0.2) is 5.57 Å². The fourth-order valence-electron chi connectivity index (χ4n) is 5.10. The van der Waals surface area contributed by atoms with Crippen molar-refractivity contribution in [1.29, 1.82) is 0 Å². The van der Waals surface area contributed by atoms with Crippen molar-refractivity contribution in [3.8, 4) is 0 Å². The van der Waals surface area contributed by atoms with Gasteiger partial charge in [-0.15, -0.1) is 0 Å². The van der Waals surface area contributed by atoms with Crippen LogP contribution in [-0.2, 0) is 6.42 Å². The monoisotopic (exact) mass is 253 g/mol. The molecule has 4 aliphatic rings. The van der Waals surface area contributed by atoms with Gasteiger partial charge in [-0.05, 0) is 50.5 Å². The summed E-state index contributed by atoms with van der Waals surface area (Å²) in [4.78, 5) is 9.56. The molecule has 3 unspecified atom stereocenters. The molecule has 0 bridgehead atoms. The molecule has 3 atom stereocenters. The molecule has 1 N–H and O–H groups in total. The highest BCUT2D eigenvalue weighted by Gasteiger charge is 2.76. The minimum atomic E-state index is 0.510. The van der Waals surface area contributed by atoms with E-state index in [1.807, 2.05) is 0 Å². The number of hydrogen-bond donors (Lipinski definition) is 1. The van der Waals surface area contributed by atoms with Crippen molar-refractivity contribution in [2.75, 3.05) is 13.1 Å². The molecule has 0 radical (unpaired) electrons. The first-order valence-corrected chi connectivity index (χ1v) is 7.41. The lowest BCUT2D eigenvalue weighted by atomic mass is 9.82. The summed E-state index contributed by atoms with van der Waals surface area (Å²) in [7, 11) is 0. The van der Waals surface area contributed by atoms with E-state index < -0.39 is 0 Å². The second kappa shape index (κ2) is 2.93. The minimum Gasteiger partial charge on any atom is -0.315 e. The van der Waals surface area contributed by atoms with Gasteiger partial charge in [0, 0.05) is 18.5 Å². The molecule has 5 rings (SSSR count). The Kier molecular flexibility index (Phi) is 1.63. The number of aromatic nitrogens is 2. The van der Waals surface area contributed by atoms with Gasteiger partial charge in [0.2, 0.25) is 0 Å². The highest BCUT2D eigenvalue weighted by molar-refractivity contribution is 5.63.